The first-order valence-corrected chi connectivity index (χ1v) is 5.78. The number of methoxy groups -OCH3 is 1. The van der Waals surface area contributed by atoms with Crippen molar-refractivity contribution in [1.29, 1.82) is 0 Å². The molecular weight excluding hydrogens is 257 g/mol. The van der Waals surface area contributed by atoms with Gasteiger partial charge in [0.25, 0.3) is 0 Å². The van der Waals surface area contributed by atoms with Crippen LogP contribution in [0.5, 0.6) is 17.4 Å². The Balaban J connectivity index is 2.22. The third-order valence-corrected chi connectivity index (χ3v) is 2.60. The molecule has 1 aromatic heterocycles. The molecule has 1 heterocycles. The summed E-state index contributed by atoms with van der Waals surface area (Å²) in [6.07, 6.45) is 1.09. The van der Waals surface area contributed by atoms with E-state index in [0.717, 1.165) is 11.9 Å². The summed E-state index contributed by atoms with van der Waals surface area (Å²) >= 11 is 5.71. The SMILES string of the molecule is COc1ccc(Oc2ncc(F)cc2CCl)cc1. The predicted octanol–water partition coefficient (Wildman–Crippen LogP) is 3.76. The van der Waals surface area contributed by atoms with E-state index in [1.165, 1.54) is 6.07 Å². The minimum absolute atomic E-state index is 0.135. The molecule has 0 atom stereocenters. The predicted molar refractivity (Wildman–Crippen MR) is 66.8 cm³/mol. The molecule has 0 aliphatic rings. The van der Waals surface area contributed by atoms with Crippen LogP contribution in [0.4, 0.5) is 4.39 Å². The lowest BCUT2D eigenvalue weighted by atomic mass is 10.3. The van der Waals surface area contributed by atoms with Crippen molar-refractivity contribution in [3.63, 3.8) is 0 Å². The van der Waals surface area contributed by atoms with E-state index in [9.17, 15) is 4.39 Å². The van der Waals surface area contributed by atoms with Crippen LogP contribution in [0.25, 0.3) is 0 Å². The molecule has 0 saturated heterocycles. The first-order chi connectivity index (χ1) is 8.72. The fourth-order valence-corrected chi connectivity index (χ4v) is 1.60. The standard InChI is InChI=1S/C13H11ClFNO2/c1-17-11-2-4-12(5-3-11)18-13-9(7-14)6-10(15)8-16-13/h2-6,8H,7H2,1H3. The number of benzene rings is 1. The lowest BCUT2D eigenvalue weighted by molar-refractivity contribution is 0.411. The van der Waals surface area contributed by atoms with Crippen LogP contribution in [0, 0.1) is 5.82 Å². The number of hydrogen-bond donors (Lipinski definition) is 0. The summed E-state index contributed by atoms with van der Waals surface area (Å²) in [4.78, 5) is 3.87. The van der Waals surface area contributed by atoms with E-state index in [-0.39, 0.29) is 5.88 Å². The summed E-state index contributed by atoms with van der Waals surface area (Å²) in [5.74, 6) is 1.31. The topological polar surface area (TPSA) is 31.4 Å². The van der Waals surface area contributed by atoms with Crippen LogP contribution in [-0.4, -0.2) is 12.1 Å². The first kappa shape index (κ1) is 12.6. The summed E-state index contributed by atoms with van der Waals surface area (Å²) in [5, 5.41) is 0. The van der Waals surface area contributed by atoms with Crippen LogP contribution < -0.4 is 9.47 Å². The molecule has 5 heteroatoms. The van der Waals surface area contributed by atoms with Crippen molar-refractivity contribution in [2.45, 2.75) is 5.88 Å². The van der Waals surface area contributed by atoms with Crippen molar-refractivity contribution < 1.29 is 13.9 Å². The molecule has 1 aromatic carbocycles. The molecule has 0 N–H and O–H groups in total. The molecule has 3 nitrogen and oxygen atoms in total. The van der Waals surface area contributed by atoms with Gasteiger partial charge in [0.15, 0.2) is 0 Å². The zero-order chi connectivity index (χ0) is 13.0. The molecule has 0 fully saturated rings. The molecule has 0 aliphatic carbocycles. The molecule has 0 spiro atoms. The molecule has 94 valence electrons. The van der Waals surface area contributed by atoms with Crippen molar-refractivity contribution in [3.8, 4) is 17.4 Å². The molecule has 0 bridgehead atoms. The van der Waals surface area contributed by atoms with E-state index in [1.807, 2.05) is 0 Å². The summed E-state index contributed by atoms with van der Waals surface area (Å²) in [6, 6.07) is 8.31. The van der Waals surface area contributed by atoms with Gasteiger partial charge in [0.2, 0.25) is 5.88 Å². The van der Waals surface area contributed by atoms with Gasteiger partial charge in [0, 0.05) is 5.56 Å². The highest BCUT2D eigenvalue weighted by Gasteiger charge is 2.07. The molecule has 0 amide bonds. The monoisotopic (exact) mass is 267 g/mol. The minimum Gasteiger partial charge on any atom is -0.497 e. The third kappa shape index (κ3) is 2.90. The number of ether oxygens (including phenoxy) is 2. The number of nitrogens with zero attached hydrogens (tertiary/aromatic N) is 1. The average molecular weight is 268 g/mol. The van der Waals surface area contributed by atoms with Gasteiger partial charge < -0.3 is 9.47 Å². The third-order valence-electron chi connectivity index (χ3n) is 2.31. The van der Waals surface area contributed by atoms with Crippen LogP contribution in [0.1, 0.15) is 5.56 Å². The molecule has 2 rings (SSSR count). The van der Waals surface area contributed by atoms with Crippen LogP contribution in [-0.2, 0) is 5.88 Å². The number of alkyl halides is 1. The highest BCUT2D eigenvalue weighted by Crippen LogP contribution is 2.26. The summed E-state index contributed by atoms with van der Waals surface area (Å²) in [7, 11) is 1.59. The number of hydrogen-bond acceptors (Lipinski definition) is 3. The van der Waals surface area contributed by atoms with E-state index in [4.69, 9.17) is 21.1 Å². The van der Waals surface area contributed by atoms with E-state index >= 15 is 0 Å². The second-order valence-electron chi connectivity index (χ2n) is 3.53. The molecule has 2 aromatic rings. The maximum Gasteiger partial charge on any atom is 0.223 e. The van der Waals surface area contributed by atoms with Gasteiger partial charge in [-0.1, -0.05) is 0 Å². The van der Waals surface area contributed by atoms with Crippen LogP contribution >= 0.6 is 11.6 Å². The second kappa shape index (κ2) is 5.69. The van der Waals surface area contributed by atoms with Crippen LogP contribution in [0.15, 0.2) is 36.5 Å². The van der Waals surface area contributed by atoms with Gasteiger partial charge >= 0.3 is 0 Å². The van der Waals surface area contributed by atoms with Gasteiger partial charge in [-0.25, -0.2) is 9.37 Å². The molecule has 0 saturated carbocycles. The number of halogens is 2. The minimum atomic E-state index is -0.437. The molecule has 18 heavy (non-hydrogen) atoms. The smallest absolute Gasteiger partial charge is 0.223 e. The average Bonchev–Trinajstić information content (AvgIpc) is 2.41. The van der Waals surface area contributed by atoms with Gasteiger partial charge in [-0.15, -0.1) is 11.6 Å². The lowest BCUT2D eigenvalue weighted by Gasteiger charge is -2.08. The zero-order valence-electron chi connectivity index (χ0n) is 9.69. The Bertz CT molecular complexity index is 531. The van der Waals surface area contributed by atoms with Crippen molar-refractivity contribution in [2.75, 3.05) is 7.11 Å². The summed E-state index contributed by atoms with van der Waals surface area (Å²) in [6.45, 7) is 0. The Morgan fingerprint density at radius 3 is 2.50 bits per heavy atom. The lowest BCUT2D eigenvalue weighted by Crippen LogP contribution is -1.94. The van der Waals surface area contributed by atoms with Crippen molar-refractivity contribution >= 4 is 11.6 Å². The Morgan fingerprint density at radius 2 is 1.89 bits per heavy atom. The number of pyridine rings is 1. The van der Waals surface area contributed by atoms with Gasteiger partial charge in [-0.2, -0.15) is 0 Å². The highest BCUT2D eigenvalue weighted by atomic mass is 35.5. The quantitative estimate of drug-likeness (QED) is 0.791. The maximum absolute atomic E-state index is 13.0. The maximum atomic E-state index is 13.0. The van der Waals surface area contributed by atoms with Gasteiger partial charge in [-0.05, 0) is 30.3 Å². The fraction of sp³-hybridized carbons (Fsp3) is 0.154. The van der Waals surface area contributed by atoms with E-state index < -0.39 is 5.82 Å². The van der Waals surface area contributed by atoms with Gasteiger partial charge in [-0.3, -0.25) is 0 Å². The number of rotatable bonds is 4. The van der Waals surface area contributed by atoms with Crippen LogP contribution in [0.3, 0.4) is 0 Å². The summed E-state index contributed by atoms with van der Waals surface area (Å²) in [5.41, 5.74) is 0.507. The van der Waals surface area contributed by atoms with Gasteiger partial charge in [0.05, 0.1) is 19.2 Å². The van der Waals surface area contributed by atoms with Crippen molar-refractivity contribution in [1.82, 2.24) is 4.98 Å². The first-order valence-electron chi connectivity index (χ1n) is 5.25. The van der Waals surface area contributed by atoms with E-state index in [0.29, 0.717) is 17.2 Å². The highest BCUT2D eigenvalue weighted by molar-refractivity contribution is 6.17. The molecular formula is C13H11ClFNO2. The molecule has 0 radical (unpaired) electrons. The zero-order valence-corrected chi connectivity index (χ0v) is 10.4. The molecule has 0 aliphatic heterocycles. The second-order valence-corrected chi connectivity index (χ2v) is 3.80. The normalized spacial score (nSPS) is 10.2. The fourth-order valence-electron chi connectivity index (χ4n) is 1.41. The summed E-state index contributed by atoms with van der Waals surface area (Å²) < 4.78 is 23.6. The largest absolute Gasteiger partial charge is 0.497 e. The van der Waals surface area contributed by atoms with Crippen LogP contribution in [0.2, 0.25) is 0 Å². The van der Waals surface area contributed by atoms with E-state index in [2.05, 4.69) is 4.98 Å². The Kier molecular flexibility index (Phi) is 3.99. The van der Waals surface area contributed by atoms with Gasteiger partial charge in [0.1, 0.15) is 17.3 Å². The van der Waals surface area contributed by atoms with E-state index in [1.54, 1.807) is 31.4 Å². The Morgan fingerprint density at radius 1 is 1.22 bits per heavy atom. The number of aromatic nitrogens is 1. The Hall–Kier alpha value is -1.81. The van der Waals surface area contributed by atoms with Crippen molar-refractivity contribution in [3.05, 3.63) is 47.9 Å². The van der Waals surface area contributed by atoms with Crippen molar-refractivity contribution in [2.24, 2.45) is 0 Å². The molecule has 0 unspecified atom stereocenters. The Labute approximate surface area is 109 Å².